The van der Waals surface area contributed by atoms with Crippen molar-refractivity contribution in [2.45, 2.75) is 45.9 Å². The lowest BCUT2D eigenvalue weighted by molar-refractivity contribution is 1.00. The minimum Gasteiger partial charge on any atom is -0.344 e. The molecule has 2 heteroatoms. The van der Waals surface area contributed by atoms with Crippen LogP contribution in [0.1, 0.15) is 34.6 Å². The van der Waals surface area contributed by atoms with E-state index in [1.165, 1.54) is 6.16 Å². The quantitative estimate of drug-likeness (QED) is 0.635. The third kappa shape index (κ3) is 4.24. The maximum absolute atomic E-state index is 2.34. The lowest BCUT2D eigenvalue weighted by Gasteiger charge is -2.23. The molecule has 0 aromatic heterocycles. The molecule has 0 aromatic carbocycles. The maximum Gasteiger partial charge on any atom is -0.0264 e. The van der Waals surface area contributed by atoms with Crippen molar-refractivity contribution < 1.29 is 0 Å². The van der Waals surface area contributed by atoms with Crippen LogP contribution in [0.5, 0.6) is 0 Å². The minimum absolute atomic E-state index is 0. The third-order valence-electron chi connectivity index (χ3n) is 1.69. The van der Waals surface area contributed by atoms with Crippen LogP contribution in [0, 0.1) is 0 Å². The molecule has 0 aliphatic rings. The molecule has 0 unspecified atom stereocenters. The van der Waals surface area contributed by atoms with Crippen LogP contribution in [0.4, 0.5) is 0 Å². The Bertz CT molecular complexity index is 63.7. The van der Waals surface area contributed by atoms with E-state index in [0.717, 1.165) is 11.3 Å². The second kappa shape index (κ2) is 6.12. The van der Waals surface area contributed by atoms with E-state index >= 15 is 0 Å². The monoisotopic (exact) mass is 163 g/mol. The molecule has 0 amide bonds. The van der Waals surface area contributed by atoms with Gasteiger partial charge < -0.3 is 6.15 Å². The first-order valence-corrected chi connectivity index (χ1v) is 5.51. The molecule has 64 valence electrons. The van der Waals surface area contributed by atoms with E-state index in [9.17, 15) is 0 Å². The van der Waals surface area contributed by atoms with Gasteiger partial charge in [-0.25, -0.2) is 0 Å². The van der Waals surface area contributed by atoms with E-state index in [2.05, 4.69) is 34.6 Å². The van der Waals surface area contributed by atoms with Gasteiger partial charge in [-0.15, -0.1) is 7.92 Å². The smallest absolute Gasteiger partial charge is 0.0264 e. The van der Waals surface area contributed by atoms with Gasteiger partial charge >= 0.3 is 0 Å². The molecule has 1 nitrogen and oxygen atoms in total. The van der Waals surface area contributed by atoms with Crippen molar-refractivity contribution in [1.82, 2.24) is 6.15 Å². The van der Waals surface area contributed by atoms with Gasteiger partial charge in [0.2, 0.25) is 0 Å². The molecule has 0 fully saturated rings. The van der Waals surface area contributed by atoms with Gasteiger partial charge in [-0.2, -0.15) is 0 Å². The molecule has 0 atom stereocenters. The highest BCUT2D eigenvalue weighted by Gasteiger charge is 2.12. The molecule has 0 aliphatic carbocycles. The van der Waals surface area contributed by atoms with E-state index in [0.29, 0.717) is 7.92 Å². The average molecular weight is 163 g/mol. The Hall–Kier alpha value is 0.390. The zero-order valence-corrected chi connectivity index (χ0v) is 8.91. The van der Waals surface area contributed by atoms with Crippen LogP contribution in [0.25, 0.3) is 0 Å². The summed E-state index contributed by atoms with van der Waals surface area (Å²) < 4.78 is 0. The second-order valence-corrected chi connectivity index (χ2v) is 6.74. The normalized spacial score (nSPS) is 10.8. The lowest BCUT2D eigenvalue weighted by Crippen LogP contribution is -2.04. The maximum atomic E-state index is 2.34. The second-order valence-electron chi connectivity index (χ2n) is 3.02. The van der Waals surface area contributed by atoms with Crippen molar-refractivity contribution in [3.05, 3.63) is 0 Å². The van der Waals surface area contributed by atoms with Crippen molar-refractivity contribution in [2.75, 3.05) is 6.16 Å². The summed E-state index contributed by atoms with van der Waals surface area (Å²) in [4.78, 5) is 0. The number of hydrogen-bond donors (Lipinski definition) is 1. The fourth-order valence-corrected chi connectivity index (χ4v) is 3.98. The van der Waals surface area contributed by atoms with Crippen LogP contribution in [0.3, 0.4) is 0 Å². The largest absolute Gasteiger partial charge is 0.344 e. The lowest BCUT2D eigenvalue weighted by atomic mass is 10.5. The first kappa shape index (κ1) is 13.0. The van der Waals surface area contributed by atoms with Crippen molar-refractivity contribution in [2.24, 2.45) is 0 Å². The van der Waals surface area contributed by atoms with Crippen LogP contribution in [0.2, 0.25) is 0 Å². The fourth-order valence-electron chi connectivity index (χ4n) is 1.33. The van der Waals surface area contributed by atoms with E-state index in [1.807, 2.05) is 0 Å². The molecule has 0 bridgehead atoms. The Labute approximate surface area is 66.9 Å². The summed E-state index contributed by atoms with van der Waals surface area (Å²) in [6, 6.07) is 0. The molecule has 0 rings (SSSR count). The summed E-state index contributed by atoms with van der Waals surface area (Å²) in [5.74, 6) is 0. The molecule has 10 heavy (non-hydrogen) atoms. The molecule has 0 aromatic rings. The standard InChI is InChI=1S/C8H19P.H3N/c1-6-9(7(2)3)8(4)5;/h7-8H,6H2,1-5H3;1H3. The van der Waals surface area contributed by atoms with E-state index < -0.39 is 0 Å². The summed E-state index contributed by atoms with van der Waals surface area (Å²) in [5, 5.41) is 0. The molecule has 0 radical (unpaired) electrons. The van der Waals surface area contributed by atoms with Crippen LogP contribution >= 0.6 is 7.92 Å². The van der Waals surface area contributed by atoms with Gasteiger partial charge in [0.05, 0.1) is 0 Å². The Morgan fingerprint density at radius 3 is 1.30 bits per heavy atom. The Kier molecular flexibility index (Phi) is 7.97. The molecule has 0 spiro atoms. The number of hydrogen-bond acceptors (Lipinski definition) is 1. The van der Waals surface area contributed by atoms with Gasteiger partial charge in [-0.1, -0.05) is 34.6 Å². The van der Waals surface area contributed by atoms with Crippen molar-refractivity contribution >= 4 is 7.92 Å². The van der Waals surface area contributed by atoms with Crippen LogP contribution in [-0.4, -0.2) is 17.5 Å². The summed E-state index contributed by atoms with van der Waals surface area (Å²) in [5.41, 5.74) is 1.84. The van der Waals surface area contributed by atoms with Crippen molar-refractivity contribution in [3.63, 3.8) is 0 Å². The minimum atomic E-state index is 0. The fraction of sp³-hybridized carbons (Fsp3) is 1.00. The van der Waals surface area contributed by atoms with Gasteiger partial charge in [0.15, 0.2) is 0 Å². The zero-order chi connectivity index (χ0) is 7.44. The van der Waals surface area contributed by atoms with Gasteiger partial charge in [-0.05, 0) is 17.5 Å². The molecule has 0 saturated carbocycles. The highest BCUT2D eigenvalue weighted by Crippen LogP contribution is 2.44. The molecule has 3 N–H and O–H groups in total. The van der Waals surface area contributed by atoms with Gasteiger partial charge in [0, 0.05) is 0 Å². The zero-order valence-electron chi connectivity index (χ0n) is 8.02. The predicted molar refractivity (Wildman–Crippen MR) is 52.8 cm³/mol. The first-order chi connectivity index (χ1) is 4.09. The van der Waals surface area contributed by atoms with Gasteiger partial charge in [-0.3, -0.25) is 0 Å². The predicted octanol–water partition coefficient (Wildman–Crippen LogP) is 3.47. The van der Waals surface area contributed by atoms with Crippen LogP contribution < -0.4 is 6.15 Å². The summed E-state index contributed by atoms with van der Waals surface area (Å²) >= 11 is 0. The number of rotatable bonds is 3. The highest BCUT2D eigenvalue weighted by atomic mass is 31.1. The topological polar surface area (TPSA) is 35.0 Å². The Morgan fingerprint density at radius 2 is 1.30 bits per heavy atom. The summed E-state index contributed by atoms with van der Waals surface area (Å²) in [7, 11) is 0.324. The third-order valence-corrected chi connectivity index (χ3v) is 5.08. The summed E-state index contributed by atoms with van der Waals surface area (Å²) in [6.45, 7) is 11.7. The van der Waals surface area contributed by atoms with Crippen molar-refractivity contribution in [3.8, 4) is 0 Å². The van der Waals surface area contributed by atoms with Gasteiger partial charge in [0.1, 0.15) is 0 Å². The molecule has 0 heterocycles. The van der Waals surface area contributed by atoms with Crippen LogP contribution in [-0.2, 0) is 0 Å². The molecule has 0 saturated heterocycles. The van der Waals surface area contributed by atoms with E-state index in [-0.39, 0.29) is 6.15 Å². The van der Waals surface area contributed by atoms with E-state index in [1.54, 1.807) is 0 Å². The molecular formula is C8H22NP. The highest BCUT2D eigenvalue weighted by molar-refractivity contribution is 7.59. The van der Waals surface area contributed by atoms with E-state index in [4.69, 9.17) is 0 Å². The molecular weight excluding hydrogens is 141 g/mol. The van der Waals surface area contributed by atoms with Crippen LogP contribution in [0.15, 0.2) is 0 Å². The molecule has 0 aliphatic heterocycles. The summed E-state index contributed by atoms with van der Waals surface area (Å²) in [6.07, 6.45) is 1.39. The van der Waals surface area contributed by atoms with Crippen molar-refractivity contribution in [1.29, 1.82) is 0 Å². The first-order valence-electron chi connectivity index (χ1n) is 3.85. The van der Waals surface area contributed by atoms with Gasteiger partial charge in [0.25, 0.3) is 0 Å². The SMILES string of the molecule is CCP(C(C)C)C(C)C.N. The Balaban J connectivity index is 0. The average Bonchev–Trinajstić information content (AvgIpc) is 1.64. The Morgan fingerprint density at radius 1 is 1.00 bits per heavy atom.